The Morgan fingerprint density at radius 1 is 1.22 bits per heavy atom. The summed E-state index contributed by atoms with van der Waals surface area (Å²) in [4.78, 5) is 15.1. The number of pyridine rings is 1. The van der Waals surface area contributed by atoms with E-state index in [1.165, 1.54) is 0 Å². The molecule has 1 aromatic carbocycles. The Hall–Kier alpha value is -2.69. The van der Waals surface area contributed by atoms with Crippen molar-refractivity contribution in [3.63, 3.8) is 0 Å². The average Bonchev–Trinajstić information content (AvgIpc) is 2.87. The first kappa shape index (κ1) is 10.5. The molecule has 2 N–H and O–H groups in total. The van der Waals surface area contributed by atoms with Gasteiger partial charge >= 0.3 is 5.97 Å². The van der Waals surface area contributed by atoms with E-state index in [9.17, 15) is 4.79 Å². The van der Waals surface area contributed by atoms with Crippen LogP contribution >= 0.6 is 0 Å². The van der Waals surface area contributed by atoms with Crippen molar-refractivity contribution >= 4 is 16.7 Å². The van der Waals surface area contributed by atoms with Gasteiger partial charge in [-0.3, -0.25) is 10.1 Å². The van der Waals surface area contributed by atoms with E-state index in [4.69, 9.17) is 5.11 Å². The average molecular weight is 239 g/mol. The number of aromatic nitrogens is 3. The Bertz CT molecular complexity index is 734. The van der Waals surface area contributed by atoms with Crippen molar-refractivity contribution in [2.75, 3.05) is 0 Å². The maximum Gasteiger partial charge on any atom is 0.357 e. The monoisotopic (exact) mass is 239 g/mol. The van der Waals surface area contributed by atoms with Crippen LogP contribution in [0.3, 0.4) is 0 Å². The Morgan fingerprint density at radius 2 is 2.11 bits per heavy atom. The van der Waals surface area contributed by atoms with Gasteiger partial charge in [0.2, 0.25) is 0 Å². The normalized spacial score (nSPS) is 10.7. The molecule has 0 spiro atoms. The van der Waals surface area contributed by atoms with Crippen LogP contribution in [-0.4, -0.2) is 26.3 Å². The summed E-state index contributed by atoms with van der Waals surface area (Å²) in [7, 11) is 0. The smallest absolute Gasteiger partial charge is 0.357 e. The standard InChI is InChI=1S/C13H9N3O2/c17-13(18)12-11(7-15-16-12)9-1-2-10-6-14-4-3-8(10)5-9/h1-7H,(H,15,16)(H,17,18). The number of fused-ring (bicyclic) bond motifs is 1. The van der Waals surface area contributed by atoms with Crippen molar-refractivity contribution in [3.8, 4) is 11.1 Å². The summed E-state index contributed by atoms with van der Waals surface area (Å²) in [6, 6.07) is 7.59. The highest BCUT2D eigenvalue weighted by Crippen LogP contribution is 2.25. The lowest BCUT2D eigenvalue weighted by atomic mass is 10.0. The Kier molecular flexibility index (Phi) is 2.30. The molecule has 0 aliphatic carbocycles. The third-order valence-corrected chi connectivity index (χ3v) is 2.79. The summed E-state index contributed by atoms with van der Waals surface area (Å²) in [6.45, 7) is 0. The lowest BCUT2D eigenvalue weighted by Gasteiger charge is -2.02. The second kappa shape index (κ2) is 3.96. The summed E-state index contributed by atoms with van der Waals surface area (Å²) in [5, 5.41) is 17.4. The topological polar surface area (TPSA) is 78.9 Å². The number of benzene rings is 1. The van der Waals surface area contributed by atoms with Crippen LogP contribution in [0.25, 0.3) is 21.9 Å². The fraction of sp³-hybridized carbons (Fsp3) is 0. The Balaban J connectivity index is 2.19. The molecule has 0 saturated carbocycles. The molecule has 0 fully saturated rings. The van der Waals surface area contributed by atoms with Crippen molar-refractivity contribution in [1.29, 1.82) is 0 Å². The third kappa shape index (κ3) is 1.62. The van der Waals surface area contributed by atoms with Crippen molar-refractivity contribution in [3.05, 3.63) is 48.5 Å². The molecule has 0 amide bonds. The third-order valence-electron chi connectivity index (χ3n) is 2.79. The minimum atomic E-state index is -1.04. The summed E-state index contributed by atoms with van der Waals surface area (Å²) in [5.74, 6) is -1.04. The second-order valence-corrected chi connectivity index (χ2v) is 3.89. The predicted octanol–water partition coefficient (Wildman–Crippen LogP) is 2.32. The van der Waals surface area contributed by atoms with Crippen LogP contribution in [0, 0.1) is 0 Å². The van der Waals surface area contributed by atoms with E-state index in [0.717, 1.165) is 16.3 Å². The summed E-state index contributed by atoms with van der Waals surface area (Å²) in [5.41, 5.74) is 1.43. The van der Waals surface area contributed by atoms with Crippen LogP contribution in [-0.2, 0) is 0 Å². The number of carbonyl (C=O) groups is 1. The maximum atomic E-state index is 11.0. The highest BCUT2D eigenvalue weighted by atomic mass is 16.4. The fourth-order valence-electron chi connectivity index (χ4n) is 1.92. The maximum absolute atomic E-state index is 11.0. The minimum Gasteiger partial charge on any atom is -0.476 e. The molecule has 5 nitrogen and oxygen atoms in total. The van der Waals surface area contributed by atoms with Gasteiger partial charge in [0, 0.05) is 29.5 Å². The van der Waals surface area contributed by atoms with Crippen LogP contribution < -0.4 is 0 Å². The molecule has 88 valence electrons. The van der Waals surface area contributed by atoms with Gasteiger partial charge in [-0.2, -0.15) is 5.10 Å². The van der Waals surface area contributed by atoms with Crippen molar-refractivity contribution in [2.45, 2.75) is 0 Å². The lowest BCUT2D eigenvalue weighted by Crippen LogP contribution is -1.98. The minimum absolute atomic E-state index is 0.0309. The van der Waals surface area contributed by atoms with Gasteiger partial charge in [0.1, 0.15) is 0 Å². The number of rotatable bonds is 2. The number of nitrogens with one attached hydrogen (secondary N) is 1. The zero-order chi connectivity index (χ0) is 12.5. The number of carboxylic acid groups (broad SMARTS) is 1. The van der Waals surface area contributed by atoms with Crippen LogP contribution in [0.4, 0.5) is 0 Å². The number of H-pyrrole nitrogens is 1. The molecule has 0 aliphatic rings. The molecule has 0 radical (unpaired) electrons. The first-order valence-corrected chi connectivity index (χ1v) is 5.37. The number of aromatic carboxylic acids is 1. The summed E-state index contributed by atoms with van der Waals surface area (Å²) >= 11 is 0. The molecule has 0 atom stereocenters. The highest BCUT2D eigenvalue weighted by molar-refractivity contribution is 5.95. The number of carboxylic acids is 1. The number of nitrogens with zero attached hydrogens (tertiary/aromatic N) is 2. The van der Waals surface area contributed by atoms with Gasteiger partial charge < -0.3 is 5.11 Å². The van der Waals surface area contributed by atoms with Gasteiger partial charge in [0.05, 0.1) is 0 Å². The predicted molar refractivity (Wildman–Crippen MR) is 66.3 cm³/mol. The van der Waals surface area contributed by atoms with E-state index in [1.807, 2.05) is 24.3 Å². The van der Waals surface area contributed by atoms with Crippen LogP contribution in [0.5, 0.6) is 0 Å². The fourth-order valence-corrected chi connectivity index (χ4v) is 1.92. The molecular formula is C13H9N3O2. The number of aromatic amines is 1. The van der Waals surface area contributed by atoms with E-state index in [2.05, 4.69) is 15.2 Å². The largest absolute Gasteiger partial charge is 0.476 e. The van der Waals surface area contributed by atoms with Crippen LogP contribution in [0.1, 0.15) is 10.5 Å². The highest BCUT2D eigenvalue weighted by Gasteiger charge is 2.14. The molecule has 3 aromatic rings. The zero-order valence-corrected chi connectivity index (χ0v) is 9.29. The first-order chi connectivity index (χ1) is 8.75. The van der Waals surface area contributed by atoms with Gasteiger partial charge in [-0.25, -0.2) is 4.79 Å². The zero-order valence-electron chi connectivity index (χ0n) is 9.29. The Labute approximate surface area is 102 Å². The second-order valence-electron chi connectivity index (χ2n) is 3.89. The van der Waals surface area contributed by atoms with Crippen molar-refractivity contribution in [1.82, 2.24) is 15.2 Å². The summed E-state index contributed by atoms with van der Waals surface area (Å²) < 4.78 is 0. The molecule has 0 bridgehead atoms. The van der Waals surface area contributed by atoms with Gasteiger partial charge in [-0.15, -0.1) is 0 Å². The van der Waals surface area contributed by atoms with E-state index in [-0.39, 0.29) is 5.69 Å². The van der Waals surface area contributed by atoms with Gasteiger partial charge in [-0.1, -0.05) is 12.1 Å². The lowest BCUT2D eigenvalue weighted by molar-refractivity contribution is 0.0691. The SMILES string of the molecule is O=C(O)c1n[nH]cc1-c1ccc2cnccc2c1. The molecule has 2 heterocycles. The summed E-state index contributed by atoms with van der Waals surface area (Å²) in [6.07, 6.45) is 5.07. The number of hydrogen-bond donors (Lipinski definition) is 2. The molecule has 0 unspecified atom stereocenters. The van der Waals surface area contributed by atoms with Gasteiger partial charge in [-0.05, 0) is 23.1 Å². The van der Waals surface area contributed by atoms with Crippen molar-refractivity contribution in [2.24, 2.45) is 0 Å². The first-order valence-electron chi connectivity index (χ1n) is 5.37. The van der Waals surface area contributed by atoms with E-state index in [0.29, 0.717) is 5.56 Å². The van der Waals surface area contributed by atoms with E-state index >= 15 is 0 Å². The van der Waals surface area contributed by atoms with E-state index in [1.54, 1.807) is 18.6 Å². The molecular weight excluding hydrogens is 230 g/mol. The van der Waals surface area contributed by atoms with Gasteiger partial charge in [0.25, 0.3) is 0 Å². The van der Waals surface area contributed by atoms with Gasteiger partial charge in [0.15, 0.2) is 5.69 Å². The van der Waals surface area contributed by atoms with Crippen LogP contribution in [0.2, 0.25) is 0 Å². The van der Waals surface area contributed by atoms with Crippen LogP contribution in [0.15, 0.2) is 42.9 Å². The quantitative estimate of drug-likeness (QED) is 0.719. The molecule has 18 heavy (non-hydrogen) atoms. The molecule has 2 aromatic heterocycles. The molecule has 5 heteroatoms. The molecule has 3 rings (SSSR count). The van der Waals surface area contributed by atoms with E-state index < -0.39 is 5.97 Å². The van der Waals surface area contributed by atoms with Crippen molar-refractivity contribution < 1.29 is 9.90 Å². The molecule has 0 aliphatic heterocycles. The number of hydrogen-bond acceptors (Lipinski definition) is 3. The Morgan fingerprint density at radius 3 is 2.94 bits per heavy atom. The molecule has 0 saturated heterocycles.